The molecule has 0 aliphatic carbocycles. The highest BCUT2D eigenvalue weighted by Gasteiger charge is 2.26. The van der Waals surface area contributed by atoms with Crippen LogP contribution in [0.25, 0.3) is 0 Å². The number of hydrogen-bond donors (Lipinski definition) is 2. The van der Waals surface area contributed by atoms with Gasteiger partial charge in [-0.1, -0.05) is 18.2 Å². The number of hydrogen-bond acceptors (Lipinski definition) is 5. The zero-order chi connectivity index (χ0) is 19.8. The number of rotatable bonds is 9. The van der Waals surface area contributed by atoms with Gasteiger partial charge in [-0.05, 0) is 38.1 Å². The topological polar surface area (TPSA) is 76.1 Å². The van der Waals surface area contributed by atoms with E-state index in [-0.39, 0.29) is 12.3 Å². The predicted molar refractivity (Wildman–Crippen MR) is 109 cm³/mol. The fourth-order valence-electron chi connectivity index (χ4n) is 3.98. The van der Waals surface area contributed by atoms with Crippen LogP contribution in [0.2, 0.25) is 0 Å². The summed E-state index contributed by atoms with van der Waals surface area (Å²) in [6.07, 6.45) is 2.64. The second kappa shape index (κ2) is 10.5. The number of nitrogens with zero attached hydrogens (tertiary/aromatic N) is 3. The quantitative estimate of drug-likeness (QED) is 0.667. The normalized spacial score (nSPS) is 20.1. The molecule has 154 valence electrons. The largest absolute Gasteiger partial charge is 0.481 e. The minimum Gasteiger partial charge on any atom is -0.481 e. The number of carboxylic acid groups (broad SMARTS) is 1. The molecule has 7 nitrogen and oxygen atoms in total. The first-order valence-corrected chi connectivity index (χ1v) is 10.3. The molecule has 1 amide bonds. The molecule has 1 aromatic rings. The standard InChI is InChI=1S/C21H32N4O3/c26-20(22-19-6-2-1-3-7-19)16-18(21(27)28)17-25-14-12-24(13-15-25)11-10-23-8-4-5-9-23/h1-3,6-7,18H,4-5,8-17H2,(H,22,26)(H,27,28)/t18-/m0/s1. The molecule has 2 N–H and O–H groups in total. The average Bonchev–Trinajstić information content (AvgIpc) is 3.21. The molecular formula is C21H32N4O3. The average molecular weight is 389 g/mol. The fourth-order valence-corrected chi connectivity index (χ4v) is 3.98. The molecule has 2 aliphatic heterocycles. The third kappa shape index (κ3) is 6.58. The van der Waals surface area contributed by atoms with Crippen LogP contribution in [-0.4, -0.2) is 90.6 Å². The van der Waals surface area contributed by atoms with Gasteiger partial charge in [-0.25, -0.2) is 0 Å². The molecule has 0 saturated carbocycles. The van der Waals surface area contributed by atoms with Crippen LogP contribution in [0.1, 0.15) is 19.3 Å². The number of benzene rings is 1. The maximum atomic E-state index is 12.2. The number of likely N-dealkylation sites (tertiary alicyclic amines) is 1. The van der Waals surface area contributed by atoms with Gasteiger partial charge < -0.3 is 15.3 Å². The first-order valence-electron chi connectivity index (χ1n) is 10.3. The lowest BCUT2D eigenvalue weighted by Crippen LogP contribution is -2.50. The zero-order valence-corrected chi connectivity index (χ0v) is 16.6. The van der Waals surface area contributed by atoms with Crippen molar-refractivity contribution in [2.24, 2.45) is 5.92 Å². The van der Waals surface area contributed by atoms with E-state index in [1.807, 2.05) is 18.2 Å². The molecule has 1 aromatic carbocycles. The van der Waals surface area contributed by atoms with E-state index in [1.54, 1.807) is 12.1 Å². The van der Waals surface area contributed by atoms with E-state index in [1.165, 1.54) is 25.9 Å². The first kappa shape index (κ1) is 20.8. The molecule has 2 saturated heterocycles. The van der Waals surface area contributed by atoms with Crippen molar-refractivity contribution in [1.82, 2.24) is 14.7 Å². The van der Waals surface area contributed by atoms with Crippen molar-refractivity contribution in [3.05, 3.63) is 30.3 Å². The van der Waals surface area contributed by atoms with Gasteiger partial charge in [0.2, 0.25) is 5.91 Å². The van der Waals surface area contributed by atoms with E-state index in [9.17, 15) is 14.7 Å². The molecular weight excluding hydrogens is 356 g/mol. The molecule has 0 spiro atoms. The number of carbonyl (C=O) groups is 2. The number of carbonyl (C=O) groups excluding carboxylic acids is 1. The van der Waals surface area contributed by atoms with Crippen molar-refractivity contribution < 1.29 is 14.7 Å². The van der Waals surface area contributed by atoms with Crippen molar-refractivity contribution in [3.8, 4) is 0 Å². The second-order valence-electron chi connectivity index (χ2n) is 7.84. The lowest BCUT2D eigenvalue weighted by atomic mass is 10.0. The summed E-state index contributed by atoms with van der Waals surface area (Å²) in [5, 5.41) is 12.3. The summed E-state index contributed by atoms with van der Waals surface area (Å²) in [5.41, 5.74) is 0.697. The van der Waals surface area contributed by atoms with Crippen molar-refractivity contribution in [2.45, 2.75) is 19.3 Å². The Hall–Kier alpha value is -1.96. The van der Waals surface area contributed by atoms with Gasteiger partial charge in [0.1, 0.15) is 0 Å². The number of carboxylic acids is 1. The third-order valence-corrected chi connectivity index (χ3v) is 5.71. The van der Waals surface area contributed by atoms with E-state index >= 15 is 0 Å². The minimum absolute atomic E-state index is 0.000593. The maximum absolute atomic E-state index is 12.2. The van der Waals surface area contributed by atoms with Crippen LogP contribution >= 0.6 is 0 Å². The predicted octanol–water partition coefficient (Wildman–Crippen LogP) is 1.43. The summed E-state index contributed by atoms with van der Waals surface area (Å²) in [6.45, 7) is 8.78. The number of aliphatic carboxylic acids is 1. The lowest BCUT2D eigenvalue weighted by Gasteiger charge is -2.36. The van der Waals surface area contributed by atoms with Crippen LogP contribution in [0.15, 0.2) is 30.3 Å². The van der Waals surface area contributed by atoms with Gasteiger partial charge >= 0.3 is 5.97 Å². The van der Waals surface area contributed by atoms with Crippen LogP contribution < -0.4 is 5.32 Å². The van der Waals surface area contributed by atoms with Crippen LogP contribution in [0.5, 0.6) is 0 Å². The summed E-state index contributed by atoms with van der Waals surface area (Å²) in [4.78, 5) is 31.1. The van der Waals surface area contributed by atoms with Crippen molar-refractivity contribution in [2.75, 3.05) is 64.2 Å². The third-order valence-electron chi connectivity index (χ3n) is 5.71. The molecule has 0 bridgehead atoms. The number of piperazine rings is 1. The summed E-state index contributed by atoms with van der Waals surface area (Å²) in [5.74, 6) is -1.83. The molecule has 0 aromatic heterocycles. The zero-order valence-electron chi connectivity index (χ0n) is 16.6. The highest BCUT2D eigenvalue weighted by atomic mass is 16.4. The minimum atomic E-state index is -0.903. The van der Waals surface area contributed by atoms with Gasteiger partial charge in [0.15, 0.2) is 0 Å². The molecule has 0 unspecified atom stereocenters. The van der Waals surface area contributed by atoms with Gasteiger partial charge in [-0.2, -0.15) is 0 Å². The molecule has 28 heavy (non-hydrogen) atoms. The molecule has 0 radical (unpaired) electrons. The van der Waals surface area contributed by atoms with Crippen LogP contribution in [0.3, 0.4) is 0 Å². The Morgan fingerprint density at radius 2 is 1.46 bits per heavy atom. The van der Waals surface area contributed by atoms with E-state index in [0.29, 0.717) is 12.2 Å². The van der Waals surface area contributed by atoms with E-state index in [2.05, 4.69) is 20.0 Å². The summed E-state index contributed by atoms with van der Waals surface area (Å²) < 4.78 is 0. The Kier molecular flexibility index (Phi) is 7.82. The van der Waals surface area contributed by atoms with Gasteiger partial charge in [0, 0.05) is 57.9 Å². The highest BCUT2D eigenvalue weighted by molar-refractivity contribution is 5.93. The molecule has 2 fully saturated rings. The maximum Gasteiger partial charge on any atom is 0.308 e. The Bertz CT molecular complexity index is 626. The molecule has 2 aliphatic rings. The Balaban J connectivity index is 1.39. The second-order valence-corrected chi connectivity index (χ2v) is 7.84. The number of para-hydroxylation sites is 1. The number of amides is 1. The van der Waals surface area contributed by atoms with E-state index < -0.39 is 11.9 Å². The van der Waals surface area contributed by atoms with Crippen molar-refractivity contribution >= 4 is 17.6 Å². The van der Waals surface area contributed by atoms with E-state index in [4.69, 9.17) is 0 Å². The Morgan fingerprint density at radius 3 is 2.07 bits per heavy atom. The van der Waals surface area contributed by atoms with Crippen LogP contribution in [0.4, 0.5) is 5.69 Å². The van der Waals surface area contributed by atoms with Crippen molar-refractivity contribution in [3.63, 3.8) is 0 Å². The summed E-state index contributed by atoms with van der Waals surface area (Å²) >= 11 is 0. The van der Waals surface area contributed by atoms with Crippen molar-refractivity contribution in [1.29, 1.82) is 0 Å². The van der Waals surface area contributed by atoms with Gasteiger partial charge in [-0.15, -0.1) is 0 Å². The van der Waals surface area contributed by atoms with Crippen LogP contribution in [-0.2, 0) is 9.59 Å². The summed E-state index contributed by atoms with van der Waals surface area (Å²) in [7, 11) is 0. The monoisotopic (exact) mass is 388 g/mol. The smallest absolute Gasteiger partial charge is 0.308 e. The Labute approximate surface area is 167 Å². The molecule has 7 heteroatoms. The van der Waals surface area contributed by atoms with Crippen LogP contribution in [0, 0.1) is 5.92 Å². The SMILES string of the molecule is O=C(C[C@@H](CN1CCN(CCN2CCCC2)CC1)C(=O)O)Nc1ccccc1. The Morgan fingerprint density at radius 1 is 0.893 bits per heavy atom. The highest BCUT2D eigenvalue weighted by Crippen LogP contribution is 2.13. The van der Waals surface area contributed by atoms with E-state index in [0.717, 1.165) is 39.3 Å². The number of anilines is 1. The number of nitrogens with one attached hydrogen (secondary N) is 1. The van der Waals surface area contributed by atoms with Gasteiger partial charge in [0.05, 0.1) is 5.92 Å². The first-order chi connectivity index (χ1) is 13.6. The molecule has 3 rings (SSSR count). The lowest BCUT2D eigenvalue weighted by molar-refractivity contribution is -0.144. The fraction of sp³-hybridized carbons (Fsp3) is 0.619. The molecule has 2 heterocycles. The van der Waals surface area contributed by atoms with Gasteiger partial charge in [0.25, 0.3) is 0 Å². The summed E-state index contributed by atoms with van der Waals surface area (Å²) in [6, 6.07) is 9.16. The van der Waals surface area contributed by atoms with Gasteiger partial charge in [-0.3, -0.25) is 19.4 Å². The molecule has 1 atom stereocenters.